The summed E-state index contributed by atoms with van der Waals surface area (Å²) in [6.45, 7) is 6.05. The first kappa shape index (κ1) is 19.1. The van der Waals surface area contributed by atoms with Crippen LogP contribution in [-0.4, -0.2) is 41.3 Å². The molecule has 3 rings (SSSR count). The molecule has 142 valence electrons. The van der Waals surface area contributed by atoms with Gasteiger partial charge in [0, 0.05) is 37.1 Å². The van der Waals surface area contributed by atoms with Gasteiger partial charge in [-0.05, 0) is 56.5 Å². The maximum absolute atomic E-state index is 13.0. The highest BCUT2D eigenvalue weighted by Gasteiger charge is 2.21. The van der Waals surface area contributed by atoms with Crippen LogP contribution in [0, 0.1) is 6.92 Å². The summed E-state index contributed by atoms with van der Waals surface area (Å²) in [6, 6.07) is 11.2. The first-order chi connectivity index (χ1) is 13.1. The highest BCUT2D eigenvalue weighted by Crippen LogP contribution is 2.19. The van der Waals surface area contributed by atoms with Crippen LogP contribution in [0.15, 0.2) is 42.6 Å². The zero-order chi connectivity index (χ0) is 19.2. The molecule has 0 bridgehead atoms. The van der Waals surface area contributed by atoms with E-state index in [-0.39, 0.29) is 11.8 Å². The van der Waals surface area contributed by atoms with Crippen molar-refractivity contribution in [3.05, 3.63) is 59.4 Å². The van der Waals surface area contributed by atoms with Crippen molar-refractivity contribution in [3.63, 3.8) is 0 Å². The van der Waals surface area contributed by atoms with E-state index in [1.807, 2.05) is 43.0 Å². The molecule has 1 aliphatic rings. The number of amides is 2. The number of aromatic nitrogens is 1. The minimum Gasteiger partial charge on any atom is -0.339 e. The summed E-state index contributed by atoms with van der Waals surface area (Å²) in [5, 5.41) is 0. The first-order valence-corrected chi connectivity index (χ1v) is 9.74. The normalized spacial score (nSPS) is 14.5. The summed E-state index contributed by atoms with van der Waals surface area (Å²) in [5.74, 6) is -0.194. The smallest absolute Gasteiger partial charge is 0.276 e. The van der Waals surface area contributed by atoms with E-state index >= 15 is 0 Å². The van der Waals surface area contributed by atoms with Gasteiger partial charge in [-0.25, -0.2) is 0 Å². The van der Waals surface area contributed by atoms with Gasteiger partial charge >= 0.3 is 0 Å². The minimum atomic E-state index is -0.186. The largest absolute Gasteiger partial charge is 0.339 e. The standard InChI is InChI=1S/C22H27N3O2/c1-3-25(19-10-8-9-17(2)15-19)22(27)20-16-18(11-12-23-20)21(26)24-13-6-4-5-7-14-24/h8-12,15-16H,3-7,13-14H2,1-2H3. The molecule has 0 N–H and O–H groups in total. The first-order valence-electron chi connectivity index (χ1n) is 9.74. The highest BCUT2D eigenvalue weighted by atomic mass is 16.2. The van der Waals surface area contributed by atoms with Crippen LogP contribution in [0.1, 0.15) is 59.0 Å². The fourth-order valence-corrected chi connectivity index (χ4v) is 3.51. The Kier molecular flexibility index (Phi) is 6.22. The summed E-state index contributed by atoms with van der Waals surface area (Å²) in [7, 11) is 0. The zero-order valence-corrected chi connectivity index (χ0v) is 16.1. The lowest BCUT2D eigenvalue weighted by molar-refractivity contribution is 0.0761. The Labute approximate surface area is 161 Å². The number of aryl methyl sites for hydroxylation is 1. The maximum Gasteiger partial charge on any atom is 0.276 e. The molecule has 2 aromatic rings. The highest BCUT2D eigenvalue weighted by molar-refractivity contribution is 6.06. The Balaban J connectivity index is 1.83. The molecule has 1 saturated heterocycles. The third kappa shape index (κ3) is 4.54. The van der Waals surface area contributed by atoms with Crippen molar-refractivity contribution >= 4 is 17.5 Å². The second-order valence-corrected chi connectivity index (χ2v) is 7.02. The van der Waals surface area contributed by atoms with E-state index in [9.17, 15) is 9.59 Å². The lowest BCUT2D eigenvalue weighted by Crippen LogP contribution is -2.33. The van der Waals surface area contributed by atoms with Gasteiger partial charge in [-0.2, -0.15) is 0 Å². The van der Waals surface area contributed by atoms with Gasteiger partial charge in [0.1, 0.15) is 5.69 Å². The molecule has 0 atom stereocenters. The number of carbonyl (C=O) groups excluding carboxylic acids is 2. The molecule has 0 radical (unpaired) electrons. The topological polar surface area (TPSA) is 53.5 Å². The maximum atomic E-state index is 13.0. The number of carbonyl (C=O) groups is 2. The molecule has 27 heavy (non-hydrogen) atoms. The van der Waals surface area contributed by atoms with Crippen molar-refractivity contribution in [2.24, 2.45) is 0 Å². The van der Waals surface area contributed by atoms with Crippen LogP contribution < -0.4 is 4.90 Å². The summed E-state index contributed by atoms with van der Waals surface area (Å²) in [6.07, 6.45) is 5.99. The van der Waals surface area contributed by atoms with Crippen molar-refractivity contribution in [1.29, 1.82) is 0 Å². The summed E-state index contributed by atoms with van der Waals surface area (Å²) in [5.41, 5.74) is 2.78. The van der Waals surface area contributed by atoms with Crippen molar-refractivity contribution < 1.29 is 9.59 Å². The number of pyridine rings is 1. The van der Waals surface area contributed by atoms with Gasteiger partial charge in [-0.15, -0.1) is 0 Å². The molecule has 1 aromatic heterocycles. The molecular weight excluding hydrogens is 338 g/mol. The summed E-state index contributed by atoms with van der Waals surface area (Å²) < 4.78 is 0. The number of nitrogens with zero attached hydrogens (tertiary/aromatic N) is 3. The van der Waals surface area contributed by atoms with Gasteiger partial charge in [0.05, 0.1) is 0 Å². The minimum absolute atomic E-state index is 0.00745. The predicted molar refractivity (Wildman–Crippen MR) is 107 cm³/mol. The molecule has 0 spiro atoms. The monoisotopic (exact) mass is 365 g/mol. The second-order valence-electron chi connectivity index (χ2n) is 7.02. The van der Waals surface area contributed by atoms with E-state index in [0.29, 0.717) is 17.8 Å². The third-order valence-electron chi connectivity index (χ3n) is 4.99. The Hall–Kier alpha value is -2.69. The molecule has 1 fully saturated rings. The fourth-order valence-electron chi connectivity index (χ4n) is 3.51. The Bertz CT molecular complexity index is 811. The number of hydrogen-bond acceptors (Lipinski definition) is 3. The van der Waals surface area contributed by atoms with E-state index < -0.39 is 0 Å². The van der Waals surface area contributed by atoms with Gasteiger partial charge in [-0.1, -0.05) is 25.0 Å². The lowest BCUT2D eigenvalue weighted by atomic mass is 10.1. The van der Waals surface area contributed by atoms with Crippen molar-refractivity contribution in [1.82, 2.24) is 9.88 Å². The van der Waals surface area contributed by atoms with E-state index in [0.717, 1.165) is 37.2 Å². The Morgan fingerprint density at radius 2 is 1.81 bits per heavy atom. The van der Waals surface area contributed by atoms with Crippen LogP contribution in [0.5, 0.6) is 0 Å². The van der Waals surface area contributed by atoms with Crippen molar-refractivity contribution in [2.75, 3.05) is 24.5 Å². The molecule has 0 unspecified atom stereocenters. The summed E-state index contributed by atoms with van der Waals surface area (Å²) >= 11 is 0. The van der Waals surface area contributed by atoms with Crippen LogP contribution in [0.3, 0.4) is 0 Å². The molecule has 0 saturated carbocycles. The van der Waals surface area contributed by atoms with Gasteiger partial charge in [0.25, 0.3) is 11.8 Å². The Morgan fingerprint density at radius 3 is 2.48 bits per heavy atom. The molecule has 0 aliphatic carbocycles. The van der Waals surface area contributed by atoms with Crippen LogP contribution in [0.4, 0.5) is 5.69 Å². The molecular formula is C22H27N3O2. The quantitative estimate of drug-likeness (QED) is 0.820. The van der Waals surface area contributed by atoms with Crippen LogP contribution >= 0.6 is 0 Å². The van der Waals surface area contributed by atoms with E-state index in [4.69, 9.17) is 0 Å². The molecule has 2 heterocycles. The van der Waals surface area contributed by atoms with Crippen LogP contribution in [0.2, 0.25) is 0 Å². The van der Waals surface area contributed by atoms with E-state index in [1.165, 1.54) is 12.8 Å². The fraction of sp³-hybridized carbons (Fsp3) is 0.409. The number of hydrogen-bond donors (Lipinski definition) is 0. The zero-order valence-electron chi connectivity index (χ0n) is 16.1. The third-order valence-corrected chi connectivity index (χ3v) is 4.99. The Morgan fingerprint density at radius 1 is 1.07 bits per heavy atom. The molecule has 1 aromatic carbocycles. The van der Waals surface area contributed by atoms with Crippen LogP contribution in [-0.2, 0) is 0 Å². The molecule has 5 nitrogen and oxygen atoms in total. The van der Waals surface area contributed by atoms with Gasteiger partial charge < -0.3 is 9.80 Å². The average molecular weight is 365 g/mol. The van der Waals surface area contributed by atoms with E-state index in [2.05, 4.69) is 4.98 Å². The SMILES string of the molecule is CCN(C(=O)c1cc(C(=O)N2CCCCCC2)ccn1)c1cccc(C)c1. The van der Waals surface area contributed by atoms with Crippen molar-refractivity contribution in [2.45, 2.75) is 39.5 Å². The lowest BCUT2D eigenvalue weighted by Gasteiger charge is -2.22. The summed E-state index contributed by atoms with van der Waals surface area (Å²) in [4.78, 5) is 33.7. The average Bonchev–Trinajstić information content (AvgIpc) is 2.97. The second kappa shape index (κ2) is 8.80. The van der Waals surface area contributed by atoms with Gasteiger partial charge in [0.2, 0.25) is 0 Å². The number of anilines is 1. The van der Waals surface area contributed by atoms with E-state index in [1.54, 1.807) is 23.2 Å². The number of rotatable bonds is 4. The molecule has 2 amide bonds. The molecule has 5 heteroatoms. The van der Waals surface area contributed by atoms with Gasteiger partial charge in [0.15, 0.2) is 0 Å². The van der Waals surface area contributed by atoms with Crippen molar-refractivity contribution in [3.8, 4) is 0 Å². The van der Waals surface area contributed by atoms with Gasteiger partial charge in [-0.3, -0.25) is 14.6 Å². The molecule has 1 aliphatic heterocycles. The van der Waals surface area contributed by atoms with Crippen LogP contribution in [0.25, 0.3) is 0 Å². The number of benzene rings is 1. The predicted octanol–water partition coefficient (Wildman–Crippen LogP) is 4.07. The number of likely N-dealkylation sites (tertiary alicyclic amines) is 1.